The van der Waals surface area contributed by atoms with E-state index in [2.05, 4.69) is 62.5 Å². The predicted octanol–water partition coefficient (Wildman–Crippen LogP) is 2.63. The van der Waals surface area contributed by atoms with E-state index in [1.165, 1.54) is 5.56 Å². The average Bonchev–Trinajstić information content (AvgIpc) is 3.37. The molecule has 1 N–H and O–H groups in total. The molecule has 1 aliphatic rings. The fourth-order valence-electron chi connectivity index (χ4n) is 4.65. The van der Waals surface area contributed by atoms with Crippen molar-refractivity contribution in [1.82, 2.24) is 35.1 Å². The standard InChI is InChI=1S/C25H30N8O/c1-17(2)14-18-8-9-20(24-27-29-30-28-24)22(15-18)33-12-10-32(11-13-33)16-23-26-21-7-5-4-6-19(21)25(34)31(23)3/h4-9,15,17H,10-14,16H2,1-3H3,(H,27,28,29,30). The minimum Gasteiger partial charge on any atom is -0.368 e. The number of hydrogen-bond acceptors (Lipinski definition) is 7. The molecule has 9 heteroatoms. The Morgan fingerprint density at radius 1 is 1.06 bits per heavy atom. The molecule has 176 valence electrons. The molecule has 0 atom stereocenters. The lowest BCUT2D eigenvalue weighted by Gasteiger charge is -2.37. The van der Waals surface area contributed by atoms with Crippen LogP contribution in [0.4, 0.5) is 5.69 Å². The SMILES string of the molecule is CC(C)Cc1ccc(-c2nn[nH]n2)c(N2CCN(Cc3nc4ccccc4c(=O)n3C)CC2)c1. The minimum atomic E-state index is 0.00552. The van der Waals surface area contributed by atoms with Gasteiger partial charge in [0.05, 0.1) is 17.4 Å². The van der Waals surface area contributed by atoms with E-state index in [1.54, 1.807) is 4.57 Å². The number of nitrogens with zero attached hydrogens (tertiary/aromatic N) is 7. The molecule has 2 aromatic heterocycles. The van der Waals surface area contributed by atoms with E-state index in [0.717, 1.165) is 55.2 Å². The zero-order chi connectivity index (χ0) is 23.7. The molecule has 0 saturated carbocycles. The van der Waals surface area contributed by atoms with Crippen LogP contribution in [0, 0.1) is 5.92 Å². The zero-order valence-electron chi connectivity index (χ0n) is 19.9. The maximum absolute atomic E-state index is 12.8. The van der Waals surface area contributed by atoms with E-state index < -0.39 is 0 Å². The molecule has 4 aromatic rings. The van der Waals surface area contributed by atoms with Gasteiger partial charge in [0.2, 0.25) is 5.82 Å². The van der Waals surface area contributed by atoms with Gasteiger partial charge in [-0.05, 0) is 47.4 Å². The number of H-pyrrole nitrogens is 1. The summed E-state index contributed by atoms with van der Waals surface area (Å²) >= 11 is 0. The van der Waals surface area contributed by atoms with E-state index in [4.69, 9.17) is 4.98 Å². The lowest BCUT2D eigenvalue weighted by molar-refractivity contribution is 0.241. The predicted molar refractivity (Wildman–Crippen MR) is 133 cm³/mol. The lowest BCUT2D eigenvalue weighted by atomic mass is 9.99. The summed E-state index contributed by atoms with van der Waals surface area (Å²) in [7, 11) is 1.81. The van der Waals surface area contributed by atoms with Crippen molar-refractivity contribution in [2.45, 2.75) is 26.8 Å². The topological polar surface area (TPSA) is 95.8 Å². The molecule has 0 amide bonds. The number of rotatable bonds is 6. The summed E-state index contributed by atoms with van der Waals surface area (Å²) in [6.45, 7) is 8.62. The number of nitrogens with one attached hydrogen (secondary N) is 1. The summed E-state index contributed by atoms with van der Waals surface area (Å²) in [5.41, 5.74) is 4.22. The van der Waals surface area contributed by atoms with Gasteiger partial charge in [0.15, 0.2) is 0 Å². The Bertz CT molecular complexity index is 1340. The van der Waals surface area contributed by atoms with Gasteiger partial charge in [-0.25, -0.2) is 4.98 Å². The van der Waals surface area contributed by atoms with E-state index in [-0.39, 0.29) is 5.56 Å². The number of aromatic nitrogens is 6. The van der Waals surface area contributed by atoms with Crippen molar-refractivity contribution in [2.24, 2.45) is 13.0 Å². The summed E-state index contributed by atoms with van der Waals surface area (Å²) < 4.78 is 1.68. The van der Waals surface area contributed by atoms with Gasteiger partial charge in [-0.2, -0.15) is 5.21 Å². The molecular weight excluding hydrogens is 428 g/mol. The monoisotopic (exact) mass is 458 g/mol. The number of tetrazole rings is 1. The second kappa shape index (κ2) is 9.34. The number of fused-ring (bicyclic) bond motifs is 1. The molecule has 9 nitrogen and oxygen atoms in total. The largest absolute Gasteiger partial charge is 0.368 e. The Hall–Kier alpha value is -3.59. The van der Waals surface area contributed by atoms with Gasteiger partial charge in [-0.15, -0.1) is 10.2 Å². The fraction of sp³-hybridized carbons (Fsp3) is 0.400. The first-order valence-corrected chi connectivity index (χ1v) is 11.8. The molecule has 1 aliphatic heterocycles. The van der Waals surface area contributed by atoms with Gasteiger partial charge in [0.1, 0.15) is 5.82 Å². The van der Waals surface area contributed by atoms with Gasteiger partial charge in [-0.3, -0.25) is 14.3 Å². The first-order valence-electron chi connectivity index (χ1n) is 11.8. The summed E-state index contributed by atoms with van der Waals surface area (Å²) in [5.74, 6) is 1.99. The van der Waals surface area contributed by atoms with Crippen LogP contribution in [-0.2, 0) is 20.0 Å². The van der Waals surface area contributed by atoms with E-state index in [0.29, 0.717) is 23.7 Å². The normalized spacial score (nSPS) is 14.9. The quantitative estimate of drug-likeness (QED) is 0.474. The summed E-state index contributed by atoms with van der Waals surface area (Å²) in [6.07, 6.45) is 1.03. The molecule has 3 heterocycles. The third kappa shape index (κ3) is 4.43. The van der Waals surface area contributed by atoms with Gasteiger partial charge in [-0.1, -0.05) is 32.0 Å². The van der Waals surface area contributed by atoms with Crippen LogP contribution in [0.5, 0.6) is 0 Å². The summed E-state index contributed by atoms with van der Waals surface area (Å²) in [6, 6.07) is 14.1. The highest BCUT2D eigenvalue weighted by Crippen LogP contribution is 2.31. The van der Waals surface area contributed by atoms with Gasteiger partial charge >= 0.3 is 0 Å². The van der Waals surface area contributed by atoms with Crippen molar-refractivity contribution in [3.05, 3.63) is 64.2 Å². The zero-order valence-corrected chi connectivity index (χ0v) is 19.9. The molecule has 0 aliphatic carbocycles. The fourth-order valence-corrected chi connectivity index (χ4v) is 4.65. The van der Waals surface area contributed by atoms with Gasteiger partial charge < -0.3 is 4.90 Å². The van der Waals surface area contributed by atoms with Crippen LogP contribution in [0.15, 0.2) is 47.3 Å². The Balaban J connectivity index is 1.35. The number of piperazine rings is 1. The minimum absolute atomic E-state index is 0.00552. The molecule has 34 heavy (non-hydrogen) atoms. The molecular formula is C25H30N8O. The molecule has 0 unspecified atom stereocenters. The Morgan fingerprint density at radius 3 is 2.59 bits per heavy atom. The maximum Gasteiger partial charge on any atom is 0.261 e. The van der Waals surface area contributed by atoms with E-state index in [1.807, 2.05) is 31.3 Å². The van der Waals surface area contributed by atoms with Crippen molar-refractivity contribution in [1.29, 1.82) is 0 Å². The molecule has 0 bridgehead atoms. The first kappa shape index (κ1) is 22.2. The molecule has 1 saturated heterocycles. The number of para-hydroxylation sites is 1. The highest BCUT2D eigenvalue weighted by Gasteiger charge is 2.23. The molecule has 0 spiro atoms. The Labute approximate surface area is 198 Å². The molecule has 5 rings (SSSR count). The van der Waals surface area contributed by atoms with E-state index in [9.17, 15) is 4.79 Å². The Kier molecular flexibility index (Phi) is 6.10. The third-order valence-electron chi connectivity index (χ3n) is 6.45. The van der Waals surface area contributed by atoms with Crippen molar-refractivity contribution >= 4 is 16.6 Å². The highest BCUT2D eigenvalue weighted by atomic mass is 16.1. The second-order valence-electron chi connectivity index (χ2n) is 9.36. The maximum atomic E-state index is 12.8. The van der Waals surface area contributed by atoms with Crippen LogP contribution < -0.4 is 10.5 Å². The van der Waals surface area contributed by atoms with Crippen LogP contribution >= 0.6 is 0 Å². The van der Waals surface area contributed by atoms with Gasteiger partial charge in [0.25, 0.3) is 5.56 Å². The number of hydrogen-bond donors (Lipinski definition) is 1. The smallest absolute Gasteiger partial charge is 0.261 e. The lowest BCUT2D eigenvalue weighted by Crippen LogP contribution is -2.46. The molecule has 1 fully saturated rings. The van der Waals surface area contributed by atoms with Gasteiger partial charge in [0, 0.05) is 44.5 Å². The van der Waals surface area contributed by atoms with Crippen LogP contribution in [0.3, 0.4) is 0 Å². The van der Waals surface area contributed by atoms with Crippen LogP contribution in [-0.4, -0.2) is 61.3 Å². The van der Waals surface area contributed by atoms with Crippen LogP contribution in [0.2, 0.25) is 0 Å². The van der Waals surface area contributed by atoms with Crippen molar-refractivity contribution in [3.63, 3.8) is 0 Å². The summed E-state index contributed by atoms with van der Waals surface area (Å²) in [5, 5.41) is 15.4. The first-order chi connectivity index (χ1) is 16.5. The number of benzene rings is 2. The molecule has 2 aromatic carbocycles. The number of anilines is 1. The second-order valence-corrected chi connectivity index (χ2v) is 9.36. The van der Waals surface area contributed by atoms with Crippen molar-refractivity contribution < 1.29 is 0 Å². The van der Waals surface area contributed by atoms with E-state index >= 15 is 0 Å². The summed E-state index contributed by atoms with van der Waals surface area (Å²) in [4.78, 5) is 22.3. The number of aromatic amines is 1. The highest BCUT2D eigenvalue weighted by molar-refractivity contribution is 5.77. The molecule has 0 radical (unpaired) electrons. The average molecular weight is 459 g/mol. The van der Waals surface area contributed by atoms with Crippen molar-refractivity contribution in [2.75, 3.05) is 31.1 Å². The van der Waals surface area contributed by atoms with Crippen molar-refractivity contribution in [3.8, 4) is 11.4 Å². The third-order valence-corrected chi connectivity index (χ3v) is 6.45. The van der Waals surface area contributed by atoms with Crippen LogP contribution in [0.25, 0.3) is 22.3 Å². The van der Waals surface area contributed by atoms with Crippen LogP contribution in [0.1, 0.15) is 25.2 Å². The Morgan fingerprint density at radius 2 is 1.85 bits per heavy atom.